The smallest absolute Gasteiger partial charge is 0.272 e. The third kappa shape index (κ3) is 3.49. The molecule has 0 aliphatic rings. The maximum atomic E-state index is 13.5. The van der Waals surface area contributed by atoms with Crippen LogP contribution in [0.4, 0.5) is 10.1 Å². The Hall–Kier alpha value is -2.02. The highest BCUT2D eigenvalue weighted by molar-refractivity contribution is 5.94. The van der Waals surface area contributed by atoms with E-state index in [0.717, 1.165) is 12.1 Å². The van der Waals surface area contributed by atoms with Crippen molar-refractivity contribution in [2.24, 2.45) is 0 Å². The number of halogens is 1. The Labute approximate surface area is 103 Å². The molecular formula is C11H13FN2O4. The van der Waals surface area contributed by atoms with Crippen LogP contribution in [0.2, 0.25) is 0 Å². The number of non-ortho nitro benzene ring substituents is 1. The highest BCUT2D eigenvalue weighted by Crippen LogP contribution is 2.16. The molecule has 0 saturated heterocycles. The Morgan fingerprint density at radius 1 is 1.61 bits per heavy atom. The number of aliphatic hydroxyl groups is 1. The first-order valence-corrected chi connectivity index (χ1v) is 5.31. The lowest BCUT2D eigenvalue weighted by Gasteiger charge is -2.12. The van der Waals surface area contributed by atoms with E-state index >= 15 is 0 Å². The average molecular weight is 256 g/mol. The fourth-order valence-electron chi connectivity index (χ4n) is 1.37. The molecule has 7 heteroatoms. The molecule has 1 aromatic carbocycles. The number of benzene rings is 1. The number of carbonyl (C=O) groups is 1. The molecule has 0 aliphatic carbocycles. The lowest BCUT2D eigenvalue weighted by atomic mass is 10.1. The van der Waals surface area contributed by atoms with Gasteiger partial charge in [0.2, 0.25) is 0 Å². The Balaban J connectivity index is 2.84. The summed E-state index contributed by atoms with van der Waals surface area (Å²) in [6.07, 6.45) is 0.348. The number of hydrogen-bond donors (Lipinski definition) is 2. The fraction of sp³-hybridized carbons (Fsp3) is 0.364. The molecule has 0 fully saturated rings. The van der Waals surface area contributed by atoms with Crippen LogP contribution in [0.25, 0.3) is 0 Å². The summed E-state index contributed by atoms with van der Waals surface area (Å²) in [5.74, 6) is -1.61. The van der Waals surface area contributed by atoms with Gasteiger partial charge in [0.05, 0.1) is 16.6 Å². The molecule has 0 heterocycles. The summed E-state index contributed by atoms with van der Waals surface area (Å²) in [6, 6.07) is 2.52. The molecule has 1 unspecified atom stereocenters. The van der Waals surface area contributed by atoms with Crippen LogP contribution in [0.15, 0.2) is 18.2 Å². The molecular weight excluding hydrogens is 243 g/mol. The predicted molar refractivity (Wildman–Crippen MR) is 61.7 cm³/mol. The minimum absolute atomic E-state index is 0.0931. The van der Waals surface area contributed by atoms with Crippen molar-refractivity contribution >= 4 is 11.6 Å². The third-order valence-electron chi connectivity index (χ3n) is 2.35. The Morgan fingerprint density at radius 3 is 2.78 bits per heavy atom. The van der Waals surface area contributed by atoms with Gasteiger partial charge in [0, 0.05) is 18.7 Å². The lowest BCUT2D eigenvalue weighted by molar-refractivity contribution is -0.385. The number of nitrogens with zero attached hydrogens (tertiary/aromatic N) is 1. The third-order valence-corrected chi connectivity index (χ3v) is 2.35. The van der Waals surface area contributed by atoms with E-state index in [1.54, 1.807) is 6.92 Å². The van der Waals surface area contributed by atoms with E-state index in [0.29, 0.717) is 12.5 Å². The van der Waals surface area contributed by atoms with Gasteiger partial charge in [-0.3, -0.25) is 14.9 Å². The number of carbonyl (C=O) groups excluding carboxylic acids is 1. The van der Waals surface area contributed by atoms with E-state index < -0.39 is 22.3 Å². The normalized spacial score (nSPS) is 11.9. The van der Waals surface area contributed by atoms with Crippen LogP contribution in [0.3, 0.4) is 0 Å². The molecule has 1 amide bonds. The molecule has 0 aliphatic heterocycles. The van der Waals surface area contributed by atoms with Crippen LogP contribution < -0.4 is 5.32 Å². The van der Waals surface area contributed by atoms with Crippen molar-refractivity contribution in [2.45, 2.75) is 19.4 Å². The summed E-state index contributed by atoms with van der Waals surface area (Å²) in [4.78, 5) is 21.3. The largest absolute Gasteiger partial charge is 0.396 e. The van der Waals surface area contributed by atoms with Gasteiger partial charge in [-0.25, -0.2) is 4.39 Å². The molecule has 1 atom stereocenters. The van der Waals surface area contributed by atoms with Crippen molar-refractivity contribution in [3.05, 3.63) is 39.7 Å². The van der Waals surface area contributed by atoms with Gasteiger partial charge in [-0.15, -0.1) is 0 Å². The molecule has 1 aromatic rings. The second-order valence-corrected chi connectivity index (χ2v) is 3.81. The number of hydrogen-bond acceptors (Lipinski definition) is 4. The van der Waals surface area contributed by atoms with Crippen LogP contribution in [-0.4, -0.2) is 28.6 Å². The number of amides is 1. The maximum absolute atomic E-state index is 13.5. The van der Waals surface area contributed by atoms with Crippen LogP contribution >= 0.6 is 0 Å². The van der Waals surface area contributed by atoms with Gasteiger partial charge >= 0.3 is 0 Å². The molecule has 0 saturated carbocycles. The predicted octanol–water partition coefficient (Wildman–Crippen LogP) is 1.23. The van der Waals surface area contributed by atoms with Crippen LogP contribution in [0, 0.1) is 15.9 Å². The van der Waals surface area contributed by atoms with E-state index in [2.05, 4.69) is 5.32 Å². The fourth-order valence-corrected chi connectivity index (χ4v) is 1.37. The number of nitro benzene ring substituents is 1. The van der Waals surface area contributed by atoms with Crippen molar-refractivity contribution in [3.8, 4) is 0 Å². The minimum Gasteiger partial charge on any atom is -0.396 e. The first-order valence-electron chi connectivity index (χ1n) is 5.31. The van der Waals surface area contributed by atoms with Crippen molar-refractivity contribution in [1.29, 1.82) is 0 Å². The minimum atomic E-state index is -0.946. The summed E-state index contributed by atoms with van der Waals surface area (Å²) in [7, 11) is 0. The second kappa shape index (κ2) is 6.06. The SMILES string of the molecule is CC(CCO)NC(=O)c1ccc([N+](=O)[O-])cc1F. The molecule has 6 nitrogen and oxygen atoms in total. The maximum Gasteiger partial charge on any atom is 0.272 e. The number of aliphatic hydroxyl groups excluding tert-OH is 1. The van der Waals surface area contributed by atoms with Gasteiger partial charge in [-0.1, -0.05) is 0 Å². The van der Waals surface area contributed by atoms with Crippen molar-refractivity contribution < 1.29 is 19.2 Å². The van der Waals surface area contributed by atoms with Crippen molar-refractivity contribution in [1.82, 2.24) is 5.32 Å². The summed E-state index contributed by atoms with van der Waals surface area (Å²) in [5, 5.41) is 21.6. The molecule has 0 aromatic heterocycles. The van der Waals surface area contributed by atoms with E-state index in [4.69, 9.17) is 5.11 Å². The molecule has 0 radical (unpaired) electrons. The standard InChI is InChI=1S/C11H13FN2O4/c1-7(4-5-15)13-11(16)9-3-2-8(14(17)18)6-10(9)12/h2-3,6-7,15H,4-5H2,1H3,(H,13,16). The molecule has 98 valence electrons. The van der Waals surface area contributed by atoms with Crippen LogP contribution in [-0.2, 0) is 0 Å². The topological polar surface area (TPSA) is 92.5 Å². The van der Waals surface area contributed by atoms with Crippen molar-refractivity contribution in [2.75, 3.05) is 6.61 Å². The summed E-state index contributed by atoms with van der Waals surface area (Å²) in [6.45, 7) is 1.57. The Kier molecular flexibility index (Phi) is 4.73. The molecule has 18 heavy (non-hydrogen) atoms. The number of rotatable bonds is 5. The zero-order valence-corrected chi connectivity index (χ0v) is 9.72. The highest BCUT2D eigenvalue weighted by Gasteiger charge is 2.17. The first kappa shape index (κ1) is 14.0. The monoisotopic (exact) mass is 256 g/mol. The molecule has 1 rings (SSSR count). The van der Waals surface area contributed by atoms with Gasteiger partial charge in [0.25, 0.3) is 11.6 Å². The van der Waals surface area contributed by atoms with Gasteiger partial charge in [0.15, 0.2) is 0 Å². The van der Waals surface area contributed by atoms with E-state index in [-0.39, 0.29) is 18.2 Å². The zero-order valence-electron chi connectivity index (χ0n) is 9.72. The van der Waals surface area contributed by atoms with E-state index in [1.165, 1.54) is 0 Å². The number of nitrogens with one attached hydrogen (secondary N) is 1. The van der Waals surface area contributed by atoms with Crippen LogP contribution in [0.5, 0.6) is 0 Å². The van der Waals surface area contributed by atoms with Crippen LogP contribution in [0.1, 0.15) is 23.7 Å². The molecule has 0 spiro atoms. The summed E-state index contributed by atoms with van der Waals surface area (Å²) >= 11 is 0. The van der Waals surface area contributed by atoms with Crippen molar-refractivity contribution in [3.63, 3.8) is 0 Å². The van der Waals surface area contributed by atoms with Gasteiger partial charge in [-0.2, -0.15) is 0 Å². The summed E-state index contributed by atoms with van der Waals surface area (Å²) in [5.41, 5.74) is -0.669. The van der Waals surface area contributed by atoms with E-state index in [1.807, 2.05) is 0 Å². The van der Waals surface area contributed by atoms with Gasteiger partial charge in [0.1, 0.15) is 5.82 Å². The van der Waals surface area contributed by atoms with Gasteiger partial charge in [-0.05, 0) is 19.4 Å². The average Bonchev–Trinajstić information content (AvgIpc) is 2.28. The van der Waals surface area contributed by atoms with E-state index in [9.17, 15) is 19.3 Å². The highest BCUT2D eigenvalue weighted by atomic mass is 19.1. The quantitative estimate of drug-likeness (QED) is 0.612. The first-order chi connectivity index (χ1) is 8.45. The zero-order chi connectivity index (χ0) is 13.7. The second-order valence-electron chi connectivity index (χ2n) is 3.81. The Bertz CT molecular complexity index is 464. The molecule has 2 N–H and O–H groups in total. The summed E-state index contributed by atoms with van der Waals surface area (Å²) < 4.78 is 13.5. The molecule has 0 bridgehead atoms. The lowest BCUT2D eigenvalue weighted by Crippen LogP contribution is -2.33. The number of nitro groups is 1. The van der Waals surface area contributed by atoms with Gasteiger partial charge < -0.3 is 10.4 Å². The Morgan fingerprint density at radius 2 is 2.28 bits per heavy atom.